The summed E-state index contributed by atoms with van der Waals surface area (Å²) < 4.78 is 0. The Morgan fingerprint density at radius 1 is 1.12 bits per heavy atom. The van der Waals surface area contributed by atoms with Gasteiger partial charge in [-0.15, -0.1) is 0 Å². The lowest BCUT2D eigenvalue weighted by Crippen LogP contribution is -2.31. The quantitative estimate of drug-likeness (QED) is 0.584. The van der Waals surface area contributed by atoms with E-state index in [2.05, 4.69) is 38.7 Å². The maximum Gasteiger partial charge on any atom is 0.0568 e. The molecule has 1 saturated heterocycles. The van der Waals surface area contributed by atoms with Crippen molar-refractivity contribution in [2.45, 2.75) is 71.1 Å². The Morgan fingerprint density at radius 3 is 2.18 bits per heavy atom. The number of nitrogens with zero attached hydrogens (tertiary/aromatic N) is 1. The second-order valence-corrected chi connectivity index (χ2v) is 11.0. The zero-order valence-corrected chi connectivity index (χ0v) is 13.4. The first-order chi connectivity index (χ1) is 8.17. The lowest BCUT2D eigenvalue weighted by Gasteiger charge is -2.29. The number of rotatable bonds is 7. The molecule has 17 heavy (non-hydrogen) atoms. The van der Waals surface area contributed by atoms with Gasteiger partial charge in [0.25, 0.3) is 0 Å². The van der Waals surface area contributed by atoms with Crippen molar-refractivity contribution >= 4 is 8.07 Å². The minimum atomic E-state index is -0.960. The number of likely N-dealkylation sites (tertiary alicyclic amines) is 1. The Bertz CT molecular complexity index is 237. The van der Waals surface area contributed by atoms with Crippen LogP contribution in [-0.2, 0) is 0 Å². The number of allylic oxidation sites excluding steroid dienone is 2. The predicted molar refractivity (Wildman–Crippen MR) is 81.2 cm³/mol. The fraction of sp³-hybridized carbons (Fsp3) is 0.867. The van der Waals surface area contributed by atoms with E-state index in [1.54, 1.807) is 5.70 Å². The molecule has 0 aromatic heterocycles. The van der Waals surface area contributed by atoms with Crippen molar-refractivity contribution in [3.63, 3.8) is 0 Å². The van der Waals surface area contributed by atoms with Gasteiger partial charge in [-0.1, -0.05) is 51.4 Å². The van der Waals surface area contributed by atoms with E-state index in [1.807, 2.05) is 0 Å². The van der Waals surface area contributed by atoms with Crippen LogP contribution in [0.2, 0.25) is 24.2 Å². The van der Waals surface area contributed by atoms with Crippen molar-refractivity contribution in [2.75, 3.05) is 13.1 Å². The topological polar surface area (TPSA) is 3.24 Å². The van der Waals surface area contributed by atoms with Gasteiger partial charge < -0.3 is 4.90 Å². The van der Waals surface area contributed by atoms with Crippen LogP contribution < -0.4 is 0 Å². The van der Waals surface area contributed by atoms with Gasteiger partial charge in [0, 0.05) is 18.8 Å². The van der Waals surface area contributed by atoms with Crippen LogP contribution in [0.4, 0.5) is 0 Å². The molecule has 0 atom stereocenters. The smallest absolute Gasteiger partial charge is 0.0568 e. The molecule has 1 nitrogen and oxygen atoms in total. The molecule has 2 heteroatoms. The highest BCUT2D eigenvalue weighted by Crippen LogP contribution is 2.28. The van der Waals surface area contributed by atoms with Gasteiger partial charge in [0.05, 0.1) is 8.07 Å². The van der Waals surface area contributed by atoms with Gasteiger partial charge in [-0.05, 0) is 25.8 Å². The van der Waals surface area contributed by atoms with Gasteiger partial charge in [-0.3, -0.25) is 0 Å². The second-order valence-electron chi connectivity index (χ2n) is 5.70. The lowest BCUT2D eigenvalue weighted by atomic mass is 10.4. The third-order valence-corrected chi connectivity index (χ3v) is 10.3. The summed E-state index contributed by atoms with van der Waals surface area (Å²) in [4.78, 5) is 2.58. The summed E-state index contributed by atoms with van der Waals surface area (Å²) in [7, 11) is -0.960. The standard InChI is InChI=1S/C15H31NSi/c1-5-13-17(6-2,7-3)14-10-15(4)16-11-8-9-12-16/h10H,5-9,11-14H2,1-4H3/b15-10-. The lowest BCUT2D eigenvalue weighted by molar-refractivity contribution is 0.427. The third kappa shape index (κ3) is 4.17. The highest BCUT2D eigenvalue weighted by molar-refractivity contribution is 6.80. The molecule has 100 valence electrons. The molecule has 0 amide bonds. The van der Waals surface area contributed by atoms with Crippen molar-refractivity contribution in [2.24, 2.45) is 0 Å². The Morgan fingerprint density at radius 2 is 1.71 bits per heavy atom. The van der Waals surface area contributed by atoms with Crippen LogP contribution in [0.3, 0.4) is 0 Å². The summed E-state index contributed by atoms with van der Waals surface area (Å²) in [6.45, 7) is 12.1. The summed E-state index contributed by atoms with van der Waals surface area (Å²) in [5.74, 6) is 0. The molecule has 1 aliphatic rings. The van der Waals surface area contributed by atoms with Crippen LogP contribution >= 0.6 is 0 Å². The zero-order chi connectivity index (χ0) is 12.7. The minimum absolute atomic E-state index is 0.960. The molecule has 1 rings (SSSR count). The summed E-state index contributed by atoms with van der Waals surface area (Å²) in [5, 5.41) is 0. The second kappa shape index (κ2) is 7.25. The molecular weight excluding hydrogens is 222 g/mol. The Balaban J connectivity index is 2.57. The average molecular weight is 254 g/mol. The van der Waals surface area contributed by atoms with E-state index < -0.39 is 8.07 Å². The molecule has 0 N–H and O–H groups in total. The van der Waals surface area contributed by atoms with E-state index in [1.165, 1.54) is 56.5 Å². The Hall–Kier alpha value is -0.243. The van der Waals surface area contributed by atoms with E-state index >= 15 is 0 Å². The normalized spacial score (nSPS) is 17.9. The van der Waals surface area contributed by atoms with Gasteiger partial charge in [0.15, 0.2) is 0 Å². The van der Waals surface area contributed by atoms with Gasteiger partial charge in [0.2, 0.25) is 0 Å². The molecule has 0 unspecified atom stereocenters. The fourth-order valence-corrected chi connectivity index (χ4v) is 6.87. The van der Waals surface area contributed by atoms with E-state index in [9.17, 15) is 0 Å². The van der Waals surface area contributed by atoms with E-state index in [4.69, 9.17) is 0 Å². The molecule has 0 radical (unpaired) electrons. The van der Waals surface area contributed by atoms with Crippen LogP contribution in [0.25, 0.3) is 0 Å². The summed E-state index contributed by atoms with van der Waals surface area (Å²) >= 11 is 0. The predicted octanol–water partition coefficient (Wildman–Crippen LogP) is 4.88. The van der Waals surface area contributed by atoms with Crippen LogP contribution in [0, 0.1) is 0 Å². The van der Waals surface area contributed by atoms with Gasteiger partial charge in [0.1, 0.15) is 0 Å². The zero-order valence-electron chi connectivity index (χ0n) is 12.4. The summed E-state index contributed by atoms with van der Waals surface area (Å²) in [5.41, 5.74) is 1.55. The number of hydrogen-bond acceptors (Lipinski definition) is 1. The first-order valence-electron chi connectivity index (χ1n) is 7.59. The van der Waals surface area contributed by atoms with Crippen molar-refractivity contribution in [3.8, 4) is 0 Å². The first-order valence-corrected chi connectivity index (χ1v) is 10.4. The van der Waals surface area contributed by atoms with Crippen LogP contribution in [-0.4, -0.2) is 26.1 Å². The summed E-state index contributed by atoms with van der Waals surface area (Å²) in [6.07, 6.45) is 6.74. The molecule has 1 aliphatic heterocycles. The minimum Gasteiger partial charge on any atom is -0.375 e. The monoisotopic (exact) mass is 253 g/mol. The Labute approximate surface area is 109 Å². The maximum atomic E-state index is 2.58. The highest BCUT2D eigenvalue weighted by Gasteiger charge is 2.26. The van der Waals surface area contributed by atoms with E-state index in [0.717, 1.165) is 0 Å². The van der Waals surface area contributed by atoms with Crippen LogP contribution in [0.15, 0.2) is 11.8 Å². The molecule has 1 heterocycles. The third-order valence-electron chi connectivity index (χ3n) is 4.72. The van der Waals surface area contributed by atoms with Crippen molar-refractivity contribution in [1.29, 1.82) is 0 Å². The van der Waals surface area contributed by atoms with Crippen LogP contribution in [0.5, 0.6) is 0 Å². The van der Waals surface area contributed by atoms with Crippen molar-refractivity contribution < 1.29 is 0 Å². The first kappa shape index (κ1) is 14.8. The molecule has 1 fully saturated rings. The highest BCUT2D eigenvalue weighted by atomic mass is 28.3. The van der Waals surface area contributed by atoms with Crippen LogP contribution in [0.1, 0.15) is 47.0 Å². The van der Waals surface area contributed by atoms with E-state index in [0.29, 0.717) is 0 Å². The van der Waals surface area contributed by atoms with Crippen molar-refractivity contribution in [3.05, 3.63) is 11.8 Å². The molecule has 0 saturated carbocycles. The van der Waals surface area contributed by atoms with Gasteiger partial charge in [-0.2, -0.15) is 0 Å². The molecule has 0 aromatic rings. The molecule has 0 spiro atoms. The summed E-state index contributed by atoms with van der Waals surface area (Å²) in [6, 6.07) is 5.85. The molecule has 0 aromatic carbocycles. The molecule has 0 bridgehead atoms. The fourth-order valence-electron chi connectivity index (χ4n) is 3.09. The maximum absolute atomic E-state index is 2.58. The average Bonchev–Trinajstić information content (AvgIpc) is 2.88. The number of hydrogen-bond donors (Lipinski definition) is 0. The SMILES string of the molecule is CCC[Si](CC)(CC)C/C=C(/C)N1CCCC1. The Kier molecular flexibility index (Phi) is 6.32. The molecular formula is C15H31NSi. The van der Waals surface area contributed by atoms with Crippen molar-refractivity contribution in [1.82, 2.24) is 4.90 Å². The van der Waals surface area contributed by atoms with E-state index in [-0.39, 0.29) is 0 Å². The van der Waals surface area contributed by atoms with Gasteiger partial charge in [-0.25, -0.2) is 0 Å². The van der Waals surface area contributed by atoms with Gasteiger partial charge >= 0.3 is 0 Å². The molecule has 0 aliphatic carbocycles. The largest absolute Gasteiger partial charge is 0.375 e.